The van der Waals surface area contributed by atoms with Crippen molar-refractivity contribution in [3.05, 3.63) is 0 Å². The first-order chi connectivity index (χ1) is 8.65. The fourth-order valence-corrected chi connectivity index (χ4v) is 2.85. The van der Waals surface area contributed by atoms with E-state index in [1.54, 1.807) is 0 Å². The Morgan fingerprint density at radius 3 is 2.89 bits per heavy atom. The van der Waals surface area contributed by atoms with E-state index in [-0.39, 0.29) is 0 Å². The van der Waals surface area contributed by atoms with Crippen LogP contribution >= 0.6 is 0 Å². The molecule has 1 saturated heterocycles. The van der Waals surface area contributed by atoms with Crippen LogP contribution in [0.25, 0.3) is 0 Å². The van der Waals surface area contributed by atoms with Crippen LogP contribution in [-0.2, 0) is 0 Å². The van der Waals surface area contributed by atoms with E-state index in [1.807, 2.05) is 0 Å². The molecule has 0 saturated carbocycles. The minimum Gasteiger partial charge on any atom is -0.356 e. The third kappa shape index (κ3) is 4.25. The number of rotatable bonds is 4. The molecule has 1 fully saturated rings. The van der Waals surface area contributed by atoms with Crippen molar-refractivity contribution in [2.75, 3.05) is 26.2 Å². The molecule has 102 valence electrons. The van der Waals surface area contributed by atoms with Crippen molar-refractivity contribution in [3.8, 4) is 12.3 Å². The monoisotopic (exact) mass is 249 g/mol. The molecule has 0 radical (unpaired) electrons. The molecule has 0 aromatic rings. The van der Waals surface area contributed by atoms with E-state index >= 15 is 0 Å². The molecule has 0 amide bonds. The molecule has 1 unspecified atom stereocenters. The molecule has 0 spiro atoms. The summed E-state index contributed by atoms with van der Waals surface area (Å²) in [6.45, 7) is 10.3. The van der Waals surface area contributed by atoms with Crippen molar-refractivity contribution in [3.63, 3.8) is 0 Å². The summed E-state index contributed by atoms with van der Waals surface area (Å²) in [5.74, 6) is 3.57. The summed E-state index contributed by atoms with van der Waals surface area (Å²) in [4.78, 5) is 6.85. The Bertz CT molecular complexity index is 312. The Morgan fingerprint density at radius 2 is 2.28 bits per heavy atom. The summed E-state index contributed by atoms with van der Waals surface area (Å²) < 4.78 is 0. The van der Waals surface area contributed by atoms with Crippen LogP contribution in [0.3, 0.4) is 0 Å². The van der Waals surface area contributed by atoms with Crippen LogP contribution in [0.4, 0.5) is 0 Å². The smallest absolute Gasteiger partial charge is 0.194 e. The van der Waals surface area contributed by atoms with Crippen molar-refractivity contribution >= 4 is 5.96 Å². The lowest BCUT2D eigenvalue weighted by molar-refractivity contribution is 0.142. The number of terminal acetylenes is 1. The Labute approximate surface area is 112 Å². The van der Waals surface area contributed by atoms with Crippen LogP contribution in [-0.4, -0.2) is 37.0 Å². The van der Waals surface area contributed by atoms with Crippen molar-refractivity contribution in [1.29, 1.82) is 0 Å². The Morgan fingerprint density at radius 1 is 1.50 bits per heavy atom. The second-order valence-electron chi connectivity index (χ2n) is 5.46. The molecule has 3 heteroatoms. The van der Waals surface area contributed by atoms with E-state index in [9.17, 15) is 0 Å². The standard InChI is InChI=1S/C15H27N3/c1-5-9-15(4)10-8-12-18(13-15)14(16-7-3)17-11-6-2/h2H,5,7-13H2,1,3-4H3,(H,16,17). The third-order valence-electron chi connectivity index (χ3n) is 3.59. The average molecular weight is 249 g/mol. The van der Waals surface area contributed by atoms with Gasteiger partial charge in [-0.3, -0.25) is 0 Å². The van der Waals surface area contributed by atoms with Gasteiger partial charge < -0.3 is 10.2 Å². The molecule has 1 heterocycles. The number of hydrogen-bond donors (Lipinski definition) is 1. The molecule has 3 nitrogen and oxygen atoms in total. The maximum absolute atomic E-state index is 5.30. The number of nitrogens with one attached hydrogen (secondary N) is 1. The molecule has 0 aromatic carbocycles. The fourth-order valence-electron chi connectivity index (χ4n) is 2.85. The quantitative estimate of drug-likeness (QED) is 0.471. The molecule has 1 rings (SSSR count). The van der Waals surface area contributed by atoms with Gasteiger partial charge in [-0.1, -0.05) is 26.2 Å². The van der Waals surface area contributed by atoms with Gasteiger partial charge in [0.05, 0.1) is 0 Å². The van der Waals surface area contributed by atoms with E-state index in [2.05, 4.69) is 41.9 Å². The molecule has 1 atom stereocenters. The van der Waals surface area contributed by atoms with Crippen LogP contribution in [0.2, 0.25) is 0 Å². The van der Waals surface area contributed by atoms with Gasteiger partial charge in [0.1, 0.15) is 6.54 Å². The lowest BCUT2D eigenvalue weighted by Crippen LogP contribution is -2.49. The molecule has 0 aliphatic carbocycles. The molecule has 0 bridgehead atoms. The summed E-state index contributed by atoms with van der Waals surface area (Å²) >= 11 is 0. The maximum atomic E-state index is 5.30. The van der Waals surface area contributed by atoms with Gasteiger partial charge in [0.2, 0.25) is 0 Å². The summed E-state index contributed by atoms with van der Waals surface area (Å²) in [5, 5.41) is 3.35. The van der Waals surface area contributed by atoms with E-state index in [4.69, 9.17) is 6.42 Å². The van der Waals surface area contributed by atoms with Crippen molar-refractivity contribution in [1.82, 2.24) is 10.2 Å². The highest BCUT2D eigenvalue weighted by Crippen LogP contribution is 2.33. The predicted octanol–water partition coefficient (Wildman–Crippen LogP) is 2.49. The molecule has 1 N–H and O–H groups in total. The molecule has 18 heavy (non-hydrogen) atoms. The van der Waals surface area contributed by atoms with Gasteiger partial charge in [0.25, 0.3) is 0 Å². The topological polar surface area (TPSA) is 27.6 Å². The minimum atomic E-state index is 0.430. The minimum absolute atomic E-state index is 0.430. The fraction of sp³-hybridized carbons (Fsp3) is 0.800. The first kappa shape index (κ1) is 14.9. The number of hydrogen-bond acceptors (Lipinski definition) is 1. The van der Waals surface area contributed by atoms with E-state index in [0.29, 0.717) is 12.0 Å². The zero-order valence-electron chi connectivity index (χ0n) is 12.1. The lowest BCUT2D eigenvalue weighted by Gasteiger charge is -2.42. The largest absolute Gasteiger partial charge is 0.356 e. The maximum Gasteiger partial charge on any atom is 0.194 e. The highest BCUT2D eigenvalue weighted by Gasteiger charge is 2.31. The summed E-state index contributed by atoms with van der Waals surface area (Å²) in [6.07, 6.45) is 10.4. The predicted molar refractivity (Wildman–Crippen MR) is 78.6 cm³/mol. The van der Waals surface area contributed by atoms with Gasteiger partial charge in [-0.05, 0) is 31.6 Å². The second-order valence-corrected chi connectivity index (χ2v) is 5.46. The summed E-state index contributed by atoms with van der Waals surface area (Å²) in [6, 6.07) is 0. The zero-order valence-corrected chi connectivity index (χ0v) is 12.1. The second kappa shape index (κ2) is 7.31. The van der Waals surface area contributed by atoms with Crippen molar-refractivity contribution < 1.29 is 0 Å². The van der Waals surface area contributed by atoms with E-state index < -0.39 is 0 Å². The first-order valence-corrected chi connectivity index (χ1v) is 7.12. The highest BCUT2D eigenvalue weighted by atomic mass is 15.3. The van der Waals surface area contributed by atoms with Crippen LogP contribution in [0.1, 0.15) is 46.5 Å². The number of guanidine groups is 1. The van der Waals surface area contributed by atoms with Crippen molar-refractivity contribution in [2.24, 2.45) is 10.4 Å². The SMILES string of the molecule is C#CCN=C(NCC)N1CCCC(C)(CCC)C1. The highest BCUT2D eigenvalue weighted by molar-refractivity contribution is 5.80. The summed E-state index contributed by atoms with van der Waals surface area (Å²) in [5.41, 5.74) is 0.430. The van der Waals surface area contributed by atoms with E-state index in [0.717, 1.165) is 25.6 Å². The Hall–Kier alpha value is -1.17. The average Bonchev–Trinajstić information content (AvgIpc) is 2.34. The van der Waals surface area contributed by atoms with Gasteiger partial charge in [-0.15, -0.1) is 6.42 Å². The molecule has 1 aliphatic heterocycles. The van der Waals surface area contributed by atoms with Crippen LogP contribution in [0.15, 0.2) is 4.99 Å². The normalized spacial score (nSPS) is 24.8. The molecular formula is C15H27N3. The summed E-state index contributed by atoms with van der Waals surface area (Å²) in [7, 11) is 0. The van der Waals surface area contributed by atoms with Gasteiger partial charge in [0.15, 0.2) is 5.96 Å². The molecule has 0 aromatic heterocycles. The first-order valence-electron chi connectivity index (χ1n) is 7.12. The zero-order chi connectivity index (χ0) is 13.4. The van der Waals surface area contributed by atoms with Gasteiger partial charge >= 0.3 is 0 Å². The van der Waals surface area contributed by atoms with E-state index in [1.165, 1.54) is 25.7 Å². The molecule has 1 aliphatic rings. The van der Waals surface area contributed by atoms with Crippen molar-refractivity contribution in [2.45, 2.75) is 46.5 Å². The Balaban J connectivity index is 2.70. The Kier molecular flexibility index (Phi) is 6.04. The lowest BCUT2D eigenvalue weighted by atomic mass is 9.78. The number of aliphatic imine (C=N–C) groups is 1. The number of nitrogens with zero attached hydrogens (tertiary/aromatic N) is 2. The number of likely N-dealkylation sites (tertiary alicyclic amines) is 1. The van der Waals surface area contributed by atoms with Crippen LogP contribution < -0.4 is 5.32 Å². The van der Waals surface area contributed by atoms with Gasteiger partial charge in [-0.2, -0.15) is 0 Å². The third-order valence-corrected chi connectivity index (χ3v) is 3.59. The van der Waals surface area contributed by atoms with Crippen LogP contribution in [0.5, 0.6) is 0 Å². The van der Waals surface area contributed by atoms with Gasteiger partial charge in [-0.25, -0.2) is 4.99 Å². The van der Waals surface area contributed by atoms with Crippen LogP contribution in [0, 0.1) is 17.8 Å². The van der Waals surface area contributed by atoms with Gasteiger partial charge in [0, 0.05) is 19.6 Å². The molecular weight excluding hydrogens is 222 g/mol. The number of piperidine rings is 1.